The zero-order valence-corrected chi connectivity index (χ0v) is 24.6. The highest BCUT2D eigenvalue weighted by Gasteiger charge is 2.33. The Kier molecular flexibility index (Phi) is 8.98. The van der Waals surface area contributed by atoms with Gasteiger partial charge in [-0.15, -0.1) is 0 Å². The third-order valence-electron chi connectivity index (χ3n) is 7.58. The summed E-state index contributed by atoms with van der Waals surface area (Å²) in [6.45, 7) is 3.77. The van der Waals surface area contributed by atoms with Gasteiger partial charge in [0.1, 0.15) is 17.8 Å². The lowest BCUT2D eigenvalue weighted by Gasteiger charge is -2.38. The summed E-state index contributed by atoms with van der Waals surface area (Å²) in [4.78, 5) is 31.4. The van der Waals surface area contributed by atoms with Gasteiger partial charge in [-0.05, 0) is 47.4 Å². The minimum absolute atomic E-state index is 0.158. The van der Waals surface area contributed by atoms with E-state index in [-0.39, 0.29) is 11.8 Å². The van der Waals surface area contributed by atoms with Crippen molar-refractivity contribution in [2.75, 3.05) is 49.2 Å². The molecule has 0 saturated carbocycles. The fourth-order valence-corrected chi connectivity index (χ4v) is 6.04. The van der Waals surface area contributed by atoms with Crippen LogP contribution < -0.4 is 25.0 Å². The van der Waals surface area contributed by atoms with Crippen molar-refractivity contribution >= 4 is 33.2 Å². The first-order valence-electron chi connectivity index (χ1n) is 13.9. The molecule has 1 saturated heterocycles. The first-order valence-corrected chi connectivity index (χ1v) is 15.8. The smallest absolute Gasteiger partial charge is 0.245 e. The second-order valence-electron chi connectivity index (χ2n) is 10.5. The number of amides is 2. The molecule has 3 aromatic carbocycles. The van der Waals surface area contributed by atoms with E-state index in [0.717, 1.165) is 35.1 Å². The summed E-state index contributed by atoms with van der Waals surface area (Å²) in [5.41, 5.74) is 4.15. The molecule has 10 nitrogen and oxygen atoms in total. The number of rotatable bonds is 9. The van der Waals surface area contributed by atoms with Crippen LogP contribution in [0.2, 0.25) is 0 Å². The molecule has 2 atom stereocenters. The number of methoxy groups -OCH3 is 1. The van der Waals surface area contributed by atoms with Crippen molar-refractivity contribution in [3.8, 4) is 5.75 Å². The van der Waals surface area contributed by atoms with E-state index in [4.69, 9.17) is 4.74 Å². The van der Waals surface area contributed by atoms with Crippen molar-refractivity contribution in [2.45, 2.75) is 24.9 Å². The number of fused-ring (bicyclic) bond motifs is 1. The number of carbonyl (C=O) groups excluding carboxylic acids is 2. The molecule has 2 amide bonds. The predicted octanol–water partition coefficient (Wildman–Crippen LogP) is 2.49. The predicted molar refractivity (Wildman–Crippen MR) is 163 cm³/mol. The van der Waals surface area contributed by atoms with Gasteiger partial charge in [0.05, 0.1) is 24.7 Å². The number of ether oxygens (including phenoxy) is 1. The number of anilines is 2. The van der Waals surface area contributed by atoms with Crippen molar-refractivity contribution in [1.29, 1.82) is 0 Å². The van der Waals surface area contributed by atoms with Gasteiger partial charge in [-0.1, -0.05) is 48.5 Å². The Morgan fingerprint density at radius 1 is 0.976 bits per heavy atom. The van der Waals surface area contributed by atoms with Crippen molar-refractivity contribution in [3.63, 3.8) is 0 Å². The molecule has 5 rings (SSSR count). The summed E-state index contributed by atoms with van der Waals surface area (Å²) < 4.78 is 31.6. The summed E-state index contributed by atoms with van der Waals surface area (Å²) >= 11 is 0. The van der Waals surface area contributed by atoms with E-state index in [1.165, 1.54) is 0 Å². The number of hydrogen-bond donors (Lipinski definition) is 3. The van der Waals surface area contributed by atoms with Crippen LogP contribution in [0.1, 0.15) is 22.7 Å². The molecular formula is C31H36N5O5S. The zero-order chi connectivity index (χ0) is 29.7. The summed E-state index contributed by atoms with van der Waals surface area (Å²) in [7, 11) is -1.84. The van der Waals surface area contributed by atoms with E-state index in [0.29, 0.717) is 44.0 Å². The Balaban J connectivity index is 1.32. The number of piperazine rings is 1. The SMILES string of the molecule is COc1ccc(C[C@@H](NC(=O)C2N[CH]Cc3ccccc32)C(=O)N2CCN(c3ccccc3NS(C)(=O)=O)CC2)cc1. The van der Waals surface area contributed by atoms with Crippen LogP contribution in [0.25, 0.3) is 0 Å². The zero-order valence-electron chi connectivity index (χ0n) is 23.7. The molecule has 1 radical (unpaired) electrons. The number of benzene rings is 3. The van der Waals surface area contributed by atoms with Gasteiger partial charge in [0.15, 0.2) is 0 Å². The normalized spacial score (nSPS) is 17.6. The highest BCUT2D eigenvalue weighted by Crippen LogP contribution is 2.28. The van der Waals surface area contributed by atoms with Gasteiger partial charge in [-0.2, -0.15) is 0 Å². The molecule has 3 N–H and O–H groups in total. The number of hydrogen-bond acceptors (Lipinski definition) is 7. The molecule has 42 heavy (non-hydrogen) atoms. The number of nitrogens with zero attached hydrogens (tertiary/aromatic N) is 2. The van der Waals surface area contributed by atoms with Gasteiger partial charge in [0.2, 0.25) is 21.8 Å². The number of para-hydroxylation sites is 2. The van der Waals surface area contributed by atoms with E-state index in [1.807, 2.05) is 67.2 Å². The second kappa shape index (κ2) is 12.8. The first-order chi connectivity index (χ1) is 20.2. The molecule has 0 aromatic heterocycles. The number of nitrogens with one attached hydrogen (secondary N) is 3. The standard InChI is InChI=1S/C31H36N5O5S/c1-41-24-13-11-22(12-14-24)21-27(33-30(37)29-25-8-4-3-7-23(25)15-16-32-29)31(38)36-19-17-35(18-20-36)28-10-6-5-9-26(28)34-42(2,39)40/h3-14,16,27,29,32,34H,15,17-21H2,1-2H3,(H,33,37)/t27-,29?/m1/s1. The van der Waals surface area contributed by atoms with Crippen LogP contribution in [0.3, 0.4) is 0 Å². The molecule has 2 aliphatic rings. The van der Waals surface area contributed by atoms with Gasteiger partial charge in [-0.25, -0.2) is 8.42 Å². The molecule has 0 bridgehead atoms. The third kappa shape index (κ3) is 7.03. The van der Waals surface area contributed by atoms with Crippen LogP contribution in [0, 0.1) is 6.54 Å². The van der Waals surface area contributed by atoms with Gasteiger partial charge < -0.3 is 19.9 Å². The first kappa shape index (κ1) is 29.4. The maximum absolute atomic E-state index is 13.9. The van der Waals surface area contributed by atoms with Gasteiger partial charge in [0, 0.05) is 39.1 Å². The van der Waals surface area contributed by atoms with Gasteiger partial charge in [0.25, 0.3) is 0 Å². The summed E-state index contributed by atoms with van der Waals surface area (Å²) in [6, 6.07) is 21.2. The van der Waals surface area contributed by atoms with Gasteiger partial charge in [-0.3, -0.25) is 19.6 Å². The molecule has 2 aliphatic heterocycles. The summed E-state index contributed by atoms with van der Waals surface area (Å²) in [5.74, 6) is 0.296. The Bertz CT molecular complexity index is 1520. The Morgan fingerprint density at radius 2 is 1.67 bits per heavy atom. The molecule has 0 spiro atoms. The quantitative estimate of drug-likeness (QED) is 0.350. The Morgan fingerprint density at radius 3 is 2.38 bits per heavy atom. The number of carbonyl (C=O) groups is 2. The molecule has 11 heteroatoms. The topological polar surface area (TPSA) is 120 Å². The average molecular weight is 591 g/mol. The largest absolute Gasteiger partial charge is 0.497 e. The van der Waals surface area contributed by atoms with Crippen LogP contribution in [-0.2, 0) is 32.5 Å². The van der Waals surface area contributed by atoms with Crippen LogP contribution >= 0.6 is 0 Å². The van der Waals surface area contributed by atoms with Crippen LogP contribution in [-0.4, -0.2) is 70.7 Å². The lowest BCUT2D eigenvalue weighted by molar-refractivity contribution is -0.137. The highest BCUT2D eigenvalue weighted by atomic mass is 32.2. The van der Waals surface area contributed by atoms with E-state index in [9.17, 15) is 18.0 Å². The highest BCUT2D eigenvalue weighted by molar-refractivity contribution is 7.92. The monoisotopic (exact) mass is 590 g/mol. The average Bonchev–Trinajstić information content (AvgIpc) is 3.00. The fourth-order valence-electron chi connectivity index (χ4n) is 5.47. The molecule has 2 heterocycles. The number of sulfonamides is 1. The maximum Gasteiger partial charge on any atom is 0.245 e. The van der Waals surface area contributed by atoms with E-state index >= 15 is 0 Å². The third-order valence-corrected chi connectivity index (χ3v) is 8.17. The van der Waals surface area contributed by atoms with Crippen LogP contribution in [0.4, 0.5) is 11.4 Å². The molecule has 221 valence electrons. The molecular weight excluding hydrogens is 554 g/mol. The minimum atomic E-state index is -3.44. The van der Waals surface area contributed by atoms with Crippen LogP contribution in [0.5, 0.6) is 5.75 Å². The van der Waals surface area contributed by atoms with Crippen molar-refractivity contribution in [2.24, 2.45) is 0 Å². The van der Waals surface area contributed by atoms with E-state index in [2.05, 4.69) is 20.3 Å². The summed E-state index contributed by atoms with van der Waals surface area (Å²) in [5, 5.41) is 6.23. The molecule has 3 aromatic rings. The maximum atomic E-state index is 13.9. The van der Waals surface area contributed by atoms with Crippen LogP contribution in [0.15, 0.2) is 72.8 Å². The molecule has 1 fully saturated rings. The van der Waals surface area contributed by atoms with E-state index in [1.54, 1.807) is 24.1 Å². The minimum Gasteiger partial charge on any atom is -0.497 e. The Labute approximate surface area is 247 Å². The molecule has 1 unspecified atom stereocenters. The lowest BCUT2D eigenvalue weighted by Crippen LogP contribution is -2.56. The van der Waals surface area contributed by atoms with Crippen molar-refractivity contribution in [1.82, 2.24) is 15.5 Å². The lowest BCUT2D eigenvalue weighted by atomic mass is 9.93. The van der Waals surface area contributed by atoms with Crippen molar-refractivity contribution < 1.29 is 22.7 Å². The van der Waals surface area contributed by atoms with Crippen molar-refractivity contribution in [3.05, 3.63) is 96.0 Å². The second-order valence-corrected chi connectivity index (χ2v) is 12.3. The van der Waals surface area contributed by atoms with E-state index < -0.39 is 22.1 Å². The summed E-state index contributed by atoms with van der Waals surface area (Å²) in [6.07, 6.45) is 2.17. The molecule has 0 aliphatic carbocycles. The Hall–Kier alpha value is -4.09. The fraction of sp³-hybridized carbons (Fsp3) is 0.323. The van der Waals surface area contributed by atoms with Gasteiger partial charge >= 0.3 is 0 Å².